The Bertz CT molecular complexity index is 179. The largest absolute Gasteiger partial charge is 0.0628 e. The molecule has 2 aliphatic carbocycles. The predicted octanol–water partition coefficient (Wildman–Crippen LogP) is 6.45. The summed E-state index contributed by atoms with van der Waals surface area (Å²) in [6.45, 7) is 9.56. The molecule has 0 heteroatoms. The molecule has 0 N–H and O–H groups in total. The molecular weight excluding hydrogens is 216 g/mol. The molecule has 3 atom stereocenters. The summed E-state index contributed by atoms with van der Waals surface area (Å²) in [5, 5.41) is 0. The molecule has 18 heavy (non-hydrogen) atoms. The minimum absolute atomic E-state index is 0.894. The number of hydrogen-bond acceptors (Lipinski definition) is 0. The maximum Gasteiger partial charge on any atom is -0.0386 e. The Hall–Kier alpha value is 0. The van der Waals surface area contributed by atoms with E-state index in [4.69, 9.17) is 0 Å². The highest BCUT2D eigenvalue weighted by atomic mass is 14.3. The van der Waals surface area contributed by atoms with E-state index < -0.39 is 0 Å². The summed E-state index contributed by atoms with van der Waals surface area (Å²) in [6, 6.07) is 0. The zero-order valence-electron chi connectivity index (χ0n) is 13.4. The molecule has 0 aromatic heterocycles. The van der Waals surface area contributed by atoms with Crippen LogP contribution in [0.1, 0.15) is 91.9 Å². The Balaban J connectivity index is 0.000000225. The van der Waals surface area contributed by atoms with Gasteiger partial charge in [0, 0.05) is 0 Å². The van der Waals surface area contributed by atoms with Crippen LogP contribution in [0.3, 0.4) is 0 Å². The van der Waals surface area contributed by atoms with E-state index in [1.807, 2.05) is 0 Å². The molecule has 2 aliphatic rings. The van der Waals surface area contributed by atoms with Gasteiger partial charge >= 0.3 is 0 Å². The van der Waals surface area contributed by atoms with Crippen molar-refractivity contribution in [1.29, 1.82) is 0 Å². The lowest BCUT2D eigenvalue weighted by Crippen LogP contribution is -2.22. The van der Waals surface area contributed by atoms with Gasteiger partial charge in [-0.1, -0.05) is 72.6 Å². The summed E-state index contributed by atoms with van der Waals surface area (Å²) in [7, 11) is 0. The molecule has 0 amide bonds. The van der Waals surface area contributed by atoms with Crippen molar-refractivity contribution in [3.8, 4) is 0 Å². The smallest absolute Gasteiger partial charge is 0.0386 e. The summed E-state index contributed by atoms with van der Waals surface area (Å²) in [4.78, 5) is 0. The molecule has 108 valence electrons. The van der Waals surface area contributed by atoms with Crippen LogP contribution in [0.15, 0.2) is 0 Å². The van der Waals surface area contributed by atoms with Gasteiger partial charge in [0.15, 0.2) is 0 Å². The Morgan fingerprint density at radius 3 is 1.72 bits per heavy atom. The second-order valence-electron chi connectivity index (χ2n) is 7.41. The Kier molecular flexibility index (Phi) is 8.02. The molecule has 2 fully saturated rings. The second kappa shape index (κ2) is 8.99. The van der Waals surface area contributed by atoms with E-state index in [1.54, 1.807) is 0 Å². The molecule has 0 saturated heterocycles. The van der Waals surface area contributed by atoms with Gasteiger partial charge in [0.2, 0.25) is 0 Å². The van der Waals surface area contributed by atoms with Crippen LogP contribution in [0.4, 0.5) is 0 Å². The third kappa shape index (κ3) is 6.81. The van der Waals surface area contributed by atoms with Crippen molar-refractivity contribution in [2.75, 3.05) is 0 Å². The van der Waals surface area contributed by atoms with E-state index in [2.05, 4.69) is 27.7 Å². The fraction of sp³-hybridized carbons (Fsp3) is 1.00. The van der Waals surface area contributed by atoms with Crippen LogP contribution < -0.4 is 0 Å². The summed E-state index contributed by atoms with van der Waals surface area (Å²) in [5.41, 5.74) is 0. The highest BCUT2D eigenvalue weighted by Gasteiger charge is 2.25. The molecule has 0 nitrogen and oxygen atoms in total. The molecule has 0 aliphatic heterocycles. The standard InChI is InChI=1S/C12H24.C6H12/c1-9(2)7-12-6-5-10(3)8-11(12)4;1-2-4-6-5-3-1/h9-12H,5-8H2,1-4H3;1-6H2. The quantitative estimate of drug-likeness (QED) is 0.530. The molecule has 3 unspecified atom stereocenters. The van der Waals surface area contributed by atoms with Gasteiger partial charge in [-0.25, -0.2) is 0 Å². The normalized spacial score (nSPS) is 32.8. The van der Waals surface area contributed by atoms with Crippen molar-refractivity contribution < 1.29 is 0 Å². The van der Waals surface area contributed by atoms with Gasteiger partial charge in [-0.05, 0) is 42.9 Å². The fourth-order valence-electron chi connectivity index (χ4n) is 3.74. The van der Waals surface area contributed by atoms with Crippen LogP contribution >= 0.6 is 0 Å². The first-order valence-electron chi connectivity index (χ1n) is 8.59. The van der Waals surface area contributed by atoms with E-state index >= 15 is 0 Å². The lowest BCUT2D eigenvalue weighted by Gasteiger charge is -2.33. The monoisotopic (exact) mass is 252 g/mol. The van der Waals surface area contributed by atoms with Crippen LogP contribution in [0.25, 0.3) is 0 Å². The summed E-state index contributed by atoms with van der Waals surface area (Å²) in [6.07, 6.45) is 14.9. The van der Waals surface area contributed by atoms with Crippen molar-refractivity contribution in [2.24, 2.45) is 23.7 Å². The van der Waals surface area contributed by atoms with Crippen molar-refractivity contribution in [1.82, 2.24) is 0 Å². The van der Waals surface area contributed by atoms with E-state index in [9.17, 15) is 0 Å². The fourth-order valence-corrected chi connectivity index (χ4v) is 3.74. The van der Waals surface area contributed by atoms with Crippen LogP contribution in [0.5, 0.6) is 0 Å². The Morgan fingerprint density at radius 2 is 1.33 bits per heavy atom. The van der Waals surface area contributed by atoms with E-state index in [0.717, 1.165) is 23.7 Å². The third-order valence-corrected chi connectivity index (χ3v) is 4.88. The zero-order valence-corrected chi connectivity index (χ0v) is 13.4. The average molecular weight is 252 g/mol. The summed E-state index contributed by atoms with van der Waals surface area (Å²) in [5.74, 6) is 3.90. The first-order chi connectivity index (χ1) is 8.59. The maximum atomic E-state index is 2.45. The Morgan fingerprint density at radius 1 is 0.833 bits per heavy atom. The van der Waals surface area contributed by atoms with E-state index in [-0.39, 0.29) is 0 Å². The van der Waals surface area contributed by atoms with Gasteiger partial charge in [0.1, 0.15) is 0 Å². The molecule has 0 heterocycles. The van der Waals surface area contributed by atoms with Crippen molar-refractivity contribution in [3.05, 3.63) is 0 Å². The van der Waals surface area contributed by atoms with Gasteiger partial charge in [-0.3, -0.25) is 0 Å². The van der Waals surface area contributed by atoms with E-state index in [1.165, 1.54) is 64.2 Å². The summed E-state index contributed by atoms with van der Waals surface area (Å²) >= 11 is 0. The van der Waals surface area contributed by atoms with Crippen LogP contribution in [0.2, 0.25) is 0 Å². The number of rotatable bonds is 2. The van der Waals surface area contributed by atoms with Gasteiger partial charge in [0.25, 0.3) is 0 Å². The first-order valence-corrected chi connectivity index (χ1v) is 8.59. The van der Waals surface area contributed by atoms with Gasteiger partial charge in [-0.2, -0.15) is 0 Å². The number of hydrogen-bond donors (Lipinski definition) is 0. The van der Waals surface area contributed by atoms with Crippen LogP contribution in [-0.2, 0) is 0 Å². The van der Waals surface area contributed by atoms with Gasteiger partial charge < -0.3 is 0 Å². The van der Waals surface area contributed by atoms with Crippen molar-refractivity contribution in [2.45, 2.75) is 91.9 Å². The zero-order chi connectivity index (χ0) is 13.4. The topological polar surface area (TPSA) is 0 Å². The molecular formula is C18H36. The molecule has 0 aromatic carbocycles. The molecule has 0 radical (unpaired) electrons. The highest BCUT2D eigenvalue weighted by molar-refractivity contribution is 4.76. The van der Waals surface area contributed by atoms with Crippen LogP contribution in [-0.4, -0.2) is 0 Å². The Labute approximate surface area is 116 Å². The molecule has 0 spiro atoms. The average Bonchev–Trinajstić information content (AvgIpc) is 2.35. The van der Waals surface area contributed by atoms with Crippen molar-refractivity contribution in [3.63, 3.8) is 0 Å². The lowest BCUT2D eigenvalue weighted by atomic mass is 9.73. The minimum atomic E-state index is 0.894. The van der Waals surface area contributed by atoms with Crippen LogP contribution in [0, 0.1) is 23.7 Å². The van der Waals surface area contributed by atoms with Gasteiger partial charge in [-0.15, -0.1) is 0 Å². The SMILES string of the molecule is C1CCCCC1.CC(C)CC1CCC(C)CC1C. The summed E-state index contributed by atoms with van der Waals surface area (Å²) < 4.78 is 0. The molecule has 2 saturated carbocycles. The third-order valence-electron chi connectivity index (χ3n) is 4.88. The molecule has 0 aromatic rings. The first kappa shape index (κ1) is 16.1. The molecule has 0 bridgehead atoms. The second-order valence-corrected chi connectivity index (χ2v) is 7.41. The van der Waals surface area contributed by atoms with Crippen molar-refractivity contribution >= 4 is 0 Å². The molecule has 2 rings (SSSR count). The van der Waals surface area contributed by atoms with E-state index in [0.29, 0.717) is 0 Å². The maximum absolute atomic E-state index is 2.45. The highest BCUT2D eigenvalue weighted by Crippen LogP contribution is 2.36. The van der Waals surface area contributed by atoms with Gasteiger partial charge in [0.05, 0.1) is 0 Å². The minimum Gasteiger partial charge on any atom is -0.0628 e. The predicted molar refractivity (Wildman–Crippen MR) is 82.8 cm³/mol. The lowest BCUT2D eigenvalue weighted by molar-refractivity contribution is 0.179.